The number of hydrogen-bond donors (Lipinski definition) is 1. The van der Waals surface area contributed by atoms with Crippen LogP contribution < -0.4 is 10.2 Å². The van der Waals surface area contributed by atoms with E-state index in [9.17, 15) is 9.59 Å². The number of rotatable bonds is 3. The van der Waals surface area contributed by atoms with Gasteiger partial charge in [0.15, 0.2) is 0 Å². The molecule has 1 N–H and O–H groups in total. The lowest BCUT2D eigenvalue weighted by Crippen LogP contribution is -2.17. The van der Waals surface area contributed by atoms with Gasteiger partial charge in [-0.2, -0.15) is 0 Å². The standard InChI is InChI=1S/C15H13BrN2O3/c1-8-9(3-4-21-8)7-18(2)13-6-12-10(5-11(13)16)14(19)15(20)17-12/h3-6H,7H2,1-2H3,(H,17,19,20). The lowest BCUT2D eigenvalue weighted by molar-refractivity contribution is -0.112. The van der Waals surface area contributed by atoms with E-state index in [1.54, 1.807) is 18.4 Å². The Bertz CT molecular complexity index is 751. The first-order chi connectivity index (χ1) is 9.97. The lowest BCUT2D eigenvalue weighted by Gasteiger charge is -2.21. The number of benzene rings is 1. The number of Topliss-reactive ketones (excluding diaryl/α,β-unsaturated/α-hetero) is 1. The number of hydrogen-bond acceptors (Lipinski definition) is 4. The molecule has 0 bridgehead atoms. The van der Waals surface area contributed by atoms with Gasteiger partial charge in [0.05, 0.1) is 23.2 Å². The second kappa shape index (κ2) is 5.04. The second-order valence-corrected chi connectivity index (χ2v) is 5.84. The molecule has 1 aliphatic rings. The maximum atomic E-state index is 11.7. The molecule has 0 saturated carbocycles. The molecule has 21 heavy (non-hydrogen) atoms. The first-order valence-corrected chi connectivity index (χ1v) is 7.20. The maximum absolute atomic E-state index is 11.7. The molecule has 2 heterocycles. The third-order valence-corrected chi connectivity index (χ3v) is 4.21. The highest BCUT2D eigenvalue weighted by Gasteiger charge is 2.29. The molecule has 108 valence electrons. The topological polar surface area (TPSA) is 62.6 Å². The van der Waals surface area contributed by atoms with Crippen LogP contribution in [0.5, 0.6) is 0 Å². The van der Waals surface area contributed by atoms with Gasteiger partial charge < -0.3 is 14.6 Å². The second-order valence-electron chi connectivity index (χ2n) is 4.99. The number of fused-ring (bicyclic) bond motifs is 1. The lowest BCUT2D eigenvalue weighted by atomic mass is 10.1. The third-order valence-electron chi connectivity index (χ3n) is 3.57. The minimum absolute atomic E-state index is 0.406. The van der Waals surface area contributed by atoms with Crippen LogP contribution in [0, 0.1) is 6.92 Å². The summed E-state index contributed by atoms with van der Waals surface area (Å²) < 4.78 is 6.07. The largest absolute Gasteiger partial charge is 0.469 e. The van der Waals surface area contributed by atoms with E-state index < -0.39 is 11.7 Å². The molecule has 0 spiro atoms. The summed E-state index contributed by atoms with van der Waals surface area (Å²) in [6, 6.07) is 5.42. The fourth-order valence-electron chi connectivity index (χ4n) is 2.36. The van der Waals surface area contributed by atoms with Crippen LogP contribution >= 0.6 is 15.9 Å². The number of aryl methyl sites for hydroxylation is 1. The molecule has 0 atom stereocenters. The van der Waals surface area contributed by atoms with Gasteiger partial charge in [-0.1, -0.05) is 0 Å². The highest BCUT2D eigenvalue weighted by molar-refractivity contribution is 9.10. The Morgan fingerprint density at radius 1 is 1.33 bits per heavy atom. The van der Waals surface area contributed by atoms with Crippen LogP contribution in [0.2, 0.25) is 0 Å². The van der Waals surface area contributed by atoms with Gasteiger partial charge >= 0.3 is 0 Å². The minimum atomic E-state index is -0.581. The van der Waals surface area contributed by atoms with Crippen molar-refractivity contribution in [1.29, 1.82) is 0 Å². The Hall–Kier alpha value is -2.08. The van der Waals surface area contributed by atoms with Crippen molar-refractivity contribution in [3.63, 3.8) is 0 Å². The van der Waals surface area contributed by atoms with Crippen molar-refractivity contribution in [2.24, 2.45) is 0 Å². The summed E-state index contributed by atoms with van der Waals surface area (Å²) in [5.74, 6) is -0.199. The van der Waals surface area contributed by atoms with Crippen LogP contribution in [-0.4, -0.2) is 18.7 Å². The van der Waals surface area contributed by atoms with Gasteiger partial charge in [0.2, 0.25) is 0 Å². The molecular weight excluding hydrogens is 336 g/mol. The van der Waals surface area contributed by atoms with Gasteiger partial charge in [0.25, 0.3) is 11.7 Å². The van der Waals surface area contributed by atoms with E-state index in [0.29, 0.717) is 17.8 Å². The summed E-state index contributed by atoms with van der Waals surface area (Å²) in [5.41, 5.74) is 2.94. The maximum Gasteiger partial charge on any atom is 0.296 e. The molecule has 0 fully saturated rings. The molecule has 1 aromatic heterocycles. The Balaban J connectivity index is 1.93. The zero-order valence-corrected chi connectivity index (χ0v) is 13.2. The fraction of sp³-hybridized carbons (Fsp3) is 0.200. The summed E-state index contributed by atoms with van der Waals surface area (Å²) in [7, 11) is 1.94. The van der Waals surface area contributed by atoms with Crippen molar-refractivity contribution in [3.8, 4) is 0 Å². The molecule has 2 aromatic rings. The number of carbonyl (C=O) groups excluding carboxylic acids is 2. The van der Waals surface area contributed by atoms with Gasteiger partial charge in [0, 0.05) is 23.6 Å². The van der Waals surface area contributed by atoms with Gasteiger partial charge in [-0.25, -0.2) is 0 Å². The normalized spacial score (nSPS) is 13.3. The van der Waals surface area contributed by atoms with Gasteiger partial charge in [-0.3, -0.25) is 9.59 Å². The zero-order chi connectivity index (χ0) is 15.1. The van der Waals surface area contributed by atoms with E-state index in [1.807, 2.05) is 24.9 Å². The highest BCUT2D eigenvalue weighted by Crippen LogP contribution is 2.35. The van der Waals surface area contributed by atoms with Gasteiger partial charge in [0.1, 0.15) is 5.76 Å². The number of ketones is 1. The summed E-state index contributed by atoms with van der Waals surface area (Å²) in [6.07, 6.45) is 1.66. The van der Waals surface area contributed by atoms with Crippen LogP contribution in [0.4, 0.5) is 11.4 Å². The fourth-order valence-corrected chi connectivity index (χ4v) is 3.01. The number of halogens is 1. The van der Waals surface area contributed by atoms with E-state index in [1.165, 1.54) is 0 Å². The molecule has 3 rings (SSSR count). The Labute approximate surface area is 130 Å². The molecule has 0 aliphatic carbocycles. The quantitative estimate of drug-likeness (QED) is 0.865. The number of carbonyl (C=O) groups is 2. The van der Waals surface area contributed by atoms with Crippen LogP contribution in [0.25, 0.3) is 0 Å². The molecule has 1 aromatic carbocycles. The van der Waals surface area contributed by atoms with Gasteiger partial charge in [-0.15, -0.1) is 0 Å². The van der Waals surface area contributed by atoms with E-state index in [4.69, 9.17) is 4.42 Å². The predicted molar refractivity (Wildman–Crippen MR) is 82.7 cm³/mol. The third kappa shape index (κ3) is 2.35. The molecule has 0 saturated heterocycles. The number of amides is 1. The smallest absolute Gasteiger partial charge is 0.296 e. The van der Waals surface area contributed by atoms with Crippen molar-refractivity contribution in [1.82, 2.24) is 0 Å². The average molecular weight is 349 g/mol. The van der Waals surface area contributed by atoms with Crippen molar-refractivity contribution in [2.45, 2.75) is 13.5 Å². The molecule has 0 radical (unpaired) electrons. The minimum Gasteiger partial charge on any atom is -0.469 e. The van der Waals surface area contributed by atoms with Crippen LogP contribution in [0.3, 0.4) is 0 Å². The predicted octanol–water partition coefficient (Wildman–Crippen LogP) is 3.12. The Kier molecular flexibility index (Phi) is 3.33. The van der Waals surface area contributed by atoms with Crippen molar-refractivity contribution in [2.75, 3.05) is 17.3 Å². The number of anilines is 2. The van der Waals surface area contributed by atoms with Crippen LogP contribution in [-0.2, 0) is 11.3 Å². The SMILES string of the molecule is Cc1occc1CN(C)c1cc2c(cc1Br)C(=O)C(=O)N2. The van der Waals surface area contributed by atoms with Crippen molar-refractivity contribution >= 4 is 39.0 Å². The molecule has 1 aliphatic heterocycles. The number of nitrogens with one attached hydrogen (secondary N) is 1. The summed E-state index contributed by atoms with van der Waals surface area (Å²) in [6.45, 7) is 2.58. The first-order valence-electron chi connectivity index (χ1n) is 6.40. The summed E-state index contributed by atoms with van der Waals surface area (Å²) in [5, 5.41) is 2.59. The van der Waals surface area contributed by atoms with Gasteiger partial charge in [-0.05, 0) is 41.1 Å². The van der Waals surface area contributed by atoms with Crippen LogP contribution in [0.1, 0.15) is 21.7 Å². The van der Waals surface area contributed by atoms with Crippen LogP contribution in [0.15, 0.2) is 33.4 Å². The summed E-state index contributed by atoms with van der Waals surface area (Å²) in [4.78, 5) is 25.1. The van der Waals surface area contributed by atoms with E-state index >= 15 is 0 Å². The summed E-state index contributed by atoms with van der Waals surface area (Å²) >= 11 is 3.46. The first kappa shape index (κ1) is 13.9. The Morgan fingerprint density at radius 3 is 2.76 bits per heavy atom. The van der Waals surface area contributed by atoms with E-state index in [2.05, 4.69) is 21.2 Å². The average Bonchev–Trinajstić information content (AvgIpc) is 2.95. The van der Waals surface area contributed by atoms with E-state index in [0.717, 1.165) is 21.5 Å². The Morgan fingerprint density at radius 2 is 2.10 bits per heavy atom. The zero-order valence-electron chi connectivity index (χ0n) is 11.6. The number of nitrogens with zero attached hydrogens (tertiary/aromatic N) is 1. The monoisotopic (exact) mass is 348 g/mol. The molecule has 6 heteroatoms. The molecule has 1 amide bonds. The molecule has 5 nitrogen and oxygen atoms in total. The van der Waals surface area contributed by atoms with Crippen molar-refractivity contribution in [3.05, 3.63) is 45.8 Å². The van der Waals surface area contributed by atoms with E-state index in [-0.39, 0.29) is 0 Å². The molecule has 0 unspecified atom stereocenters. The highest BCUT2D eigenvalue weighted by atomic mass is 79.9. The number of furan rings is 1. The molecular formula is C15H13BrN2O3. The van der Waals surface area contributed by atoms with Crippen molar-refractivity contribution < 1.29 is 14.0 Å².